The molecule has 0 saturated heterocycles. The molecule has 1 heterocycles. The van der Waals surface area contributed by atoms with E-state index in [4.69, 9.17) is 0 Å². The van der Waals surface area contributed by atoms with Crippen molar-refractivity contribution in [2.24, 2.45) is 0 Å². The number of anilines is 1. The number of halogens is 2. The molecule has 0 saturated carbocycles. The minimum absolute atomic E-state index is 0.0709. The Morgan fingerprint density at radius 2 is 1.92 bits per heavy atom. The molecule has 0 bridgehead atoms. The summed E-state index contributed by atoms with van der Waals surface area (Å²) in [6, 6.07) is 17.2. The highest BCUT2D eigenvalue weighted by molar-refractivity contribution is 6.04. The minimum atomic E-state index is -2.94. The molecule has 0 aliphatic rings. The van der Waals surface area contributed by atoms with Gasteiger partial charge in [0.2, 0.25) is 0 Å². The molecule has 134 valence electrons. The second-order valence-corrected chi connectivity index (χ2v) is 5.67. The van der Waals surface area contributed by atoms with Gasteiger partial charge in [-0.15, -0.1) is 0 Å². The molecule has 1 aromatic heterocycles. The maximum Gasteiger partial charge on any atom is 0.387 e. The number of alkyl halides is 2. The van der Waals surface area contributed by atoms with Gasteiger partial charge < -0.3 is 10.1 Å². The van der Waals surface area contributed by atoms with Crippen molar-refractivity contribution in [1.29, 1.82) is 0 Å². The molecule has 2 aromatic carbocycles. The predicted molar refractivity (Wildman–Crippen MR) is 93.5 cm³/mol. The molecule has 0 aliphatic heterocycles. The molecule has 5 nitrogen and oxygen atoms in total. The van der Waals surface area contributed by atoms with E-state index in [0.29, 0.717) is 12.4 Å². The Morgan fingerprint density at radius 1 is 1.15 bits per heavy atom. The second-order valence-electron chi connectivity index (χ2n) is 5.67. The fourth-order valence-electron chi connectivity index (χ4n) is 2.49. The number of carbonyl (C=O) groups excluding carboxylic acids is 1. The smallest absolute Gasteiger partial charge is 0.387 e. The van der Waals surface area contributed by atoms with Gasteiger partial charge in [-0.1, -0.05) is 36.4 Å². The molecular formula is C19H17F2N3O2. The van der Waals surface area contributed by atoms with Crippen LogP contribution in [0.5, 0.6) is 5.75 Å². The maximum atomic E-state index is 12.3. The van der Waals surface area contributed by atoms with E-state index in [1.165, 1.54) is 24.3 Å². The summed E-state index contributed by atoms with van der Waals surface area (Å²) in [5, 5.41) is 7.05. The number of ether oxygens (including phenoxy) is 1. The quantitative estimate of drug-likeness (QED) is 0.723. The molecule has 0 atom stereocenters. The third-order valence-corrected chi connectivity index (χ3v) is 3.72. The average molecular weight is 357 g/mol. The fraction of sp³-hybridized carbons (Fsp3) is 0.158. The molecule has 26 heavy (non-hydrogen) atoms. The maximum absolute atomic E-state index is 12.3. The Kier molecular flexibility index (Phi) is 5.26. The lowest BCUT2D eigenvalue weighted by Crippen LogP contribution is -2.13. The molecular weight excluding hydrogens is 340 g/mol. The molecule has 0 aliphatic carbocycles. The van der Waals surface area contributed by atoms with Crippen molar-refractivity contribution in [2.45, 2.75) is 20.1 Å². The highest BCUT2D eigenvalue weighted by Gasteiger charge is 2.12. The normalized spacial score (nSPS) is 10.8. The van der Waals surface area contributed by atoms with E-state index in [1.54, 1.807) is 10.7 Å². The van der Waals surface area contributed by atoms with Crippen LogP contribution in [-0.2, 0) is 6.54 Å². The number of rotatable bonds is 6. The van der Waals surface area contributed by atoms with Gasteiger partial charge in [0.25, 0.3) is 5.91 Å². The van der Waals surface area contributed by atoms with E-state index < -0.39 is 12.5 Å². The number of hydrogen-bond acceptors (Lipinski definition) is 3. The Balaban J connectivity index is 1.71. The average Bonchev–Trinajstić information content (AvgIpc) is 2.94. The van der Waals surface area contributed by atoms with Crippen LogP contribution < -0.4 is 10.1 Å². The van der Waals surface area contributed by atoms with Gasteiger partial charge in [0.05, 0.1) is 6.54 Å². The fourth-order valence-corrected chi connectivity index (χ4v) is 2.49. The van der Waals surface area contributed by atoms with Crippen LogP contribution in [0.2, 0.25) is 0 Å². The summed E-state index contributed by atoms with van der Waals surface area (Å²) in [4.78, 5) is 12.3. The Bertz CT molecular complexity index is 895. The van der Waals surface area contributed by atoms with Gasteiger partial charge in [0.15, 0.2) is 5.82 Å². The largest absolute Gasteiger partial charge is 0.435 e. The molecule has 3 aromatic rings. The summed E-state index contributed by atoms with van der Waals surface area (Å²) >= 11 is 0. The van der Waals surface area contributed by atoms with Crippen LogP contribution in [0.1, 0.15) is 21.6 Å². The van der Waals surface area contributed by atoms with E-state index in [1.807, 2.05) is 37.3 Å². The first kappa shape index (κ1) is 17.6. The molecule has 7 heteroatoms. The number of nitrogens with zero attached hydrogens (tertiary/aromatic N) is 2. The van der Waals surface area contributed by atoms with Crippen LogP contribution >= 0.6 is 0 Å². The van der Waals surface area contributed by atoms with Crippen molar-refractivity contribution >= 4 is 11.7 Å². The summed E-state index contributed by atoms with van der Waals surface area (Å²) in [5.74, 6) is -0.129. The zero-order valence-corrected chi connectivity index (χ0v) is 14.0. The molecule has 0 fully saturated rings. The monoisotopic (exact) mass is 357 g/mol. The number of amides is 1. The Labute approximate surface area is 149 Å². The van der Waals surface area contributed by atoms with E-state index >= 15 is 0 Å². The van der Waals surface area contributed by atoms with Crippen molar-refractivity contribution in [1.82, 2.24) is 9.78 Å². The van der Waals surface area contributed by atoms with Gasteiger partial charge in [-0.25, -0.2) is 0 Å². The number of hydrogen-bond donors (Lipinski definition) is 1. The van der Waals surface area contributed by atoms with Gasteiger partial charge in [0, 0.05) is 17.3 Å². The second kappa shape index (κ2) is 7.77. The van der Waals surface area contributed by atoms with Gasteiger partial charge in [-0.2, -0.15) is 13.9 Å². The van der Waals surface area contributed by atoms with Crippen LogP contribution in [-0.4, -0.2) is 22.3 Å². The van der Waals surface area contributed by atoms with Gasteiger partial charge in [-0.05, 0) is 30.7 Å². The third kappa shape index (κ3) is 4.44. The number of aryl methyl sites for hydroxylation is 1. The minimum Gasteiger partial charge on any atom is -0.435 e. The Morgan fingerprint density at radius 3 is 2.65 bits per heavy atom. The summed E-state index contributed by atoms with van der Waals surface area (Å²) in [7, 11) is 0. The summed E-state index contributed by atoms with van der Waals surface area (Å²) in [6.45, 7) is -0.465. The molecule has 3 rings (SSSR count). The highest BCUT2D eigenvalue weighted by Crippen LogP contribution is 2.18. The zero-order chi connectivity index (χ0) is 18.5. The highest BCUT2D eigenvalue weighted by atomic mass is 19.3. The summed E-state index contributed by atoms with van der Waals surface area (Å²) in [6.07, 6.45) is 0. The molecule has 1 amide bonds. The van der Waals surface area contributed by atoms with Crippen molar-refractivity contribution in [2.75, 3.05) is 5.32 Å². The van der Waals surface area contributed by atoms with Crippen LogP contribution in [0.3, 0.4) is 0 Å². The van der Waals surface area contributed by atoms with Gasteiger partial charge in [0.1, 0.15) is 5.75 Å². The molecule has 0 spiro atoms. The van der Waals surface area contributed by atoms with Crippen LogP contribution in [0.15, 0.2) is 60.7 Å². The first-order valence-electron chi connectivity index (χ1n) is 7.96. The van der Waals surface area contributed by atoms with Crippen LogP contribution in [0.4, 0.5) is 14.6 Å². The summed E-state index contributed by atoms with van der Waals surface area (Å²) in [5.41, 5.74) is 2.19. The van der Waals surface area contributed by atoms with Crippen molar-refractivity contribution < 1.29 is 18.3 Å². The van der Waals surface area contributed by atoms with E-state index in [9.17, 15) is 13.6 Å². The molecule has 0 radical (unpaired) electrons. The van der Waals surface area contributed by atoms with Crippen molar-refractivity contribution in [3.05, 3.63) is 77.5 Å². The standard InChI is InChI=1S/C19H17F2N3O2/c1-13-10-17(23-24(13)12-14-6-3-2-4-7-14)22-18(25)15-8-5-9-16(11-15)26-19(20)21/h2-11,19H,12H2,1H3,(H,22,23,25). The van der Waals surface area contributed by atoms with E-state index in [0.717, 1.165) is 11.3 Å². The number of carbonyl (C=O) groups is 1. The van der Waals surface area contributed by atoms with E-state index in [2.05, 4.69) is 15.2 Å². The zero-order valence-electron chi connectivity index (χ0n) is 14.0. The first-order valence-corrected chi connectivity index (χ1v) is 7.96. The van der Waals surface area contributed by atoms with Crippen molar-refractivity contribution in [3.8, 4) is 5.75 Å². The van der Waals surface area contributed by atoms with Crippen LogP contribution in [0.25, 0.3) is 0 Å². The number of nitrogens with one attached hydrogen (secondary N) is 1. The van der Waals surface area contributed by atoms with Gasteiger partial charge >= 0.3 is 6.61 Å². The van der Waals surface area contributed by atoms with Crippen LogP contribution in [0, 0.1) is 6.92 Å². The first-order chi connectivity index (χ1) is 12.5. The molecule has 1 N–H and O–H groups in total. The van der Waals surface area contributed by atoms with Crippen molar-refractivity contribution in [3.63, 3.8) is 0 Å². The van der Waals surface area contributed by atoms with E-state index in [-0.39, 0.29) is 11.3 Å². The predicted octanol–water partition coefficient (Wildman–Crippen LogP) is 4.09. The summed E-state index contributed by atoms with van der Waals surface area (Å²) < 4.78 is 30.7. The lowest BCUT2D eigenvalue weighted by atomic mass is 10.2. The lowest BCUT2D eigenvalue weighted by Gasteiger charge is -2.07. The number of benzene rings is 2. The number of aromatic nitrogens is 2. The lowest BCUT2D eigenvalue weighted by molar-refractivity contribution is -0.0498. The van der Waals surface area contributed by atoms with Gasteiger partial charge in [-0.3, -0.25) is 9.48 Å². The SMILES string of the molecule is Cc1cc(NC(=O)c2cccc(OC(F)F)c2)nn1Cc1ccccc1. The molecule has 0 unspecified atom stereocenters. The topological polar surface area (TPSA) is 56.1 Å². The third-order valence-electron chi connectivity index (χ3n) is 3.72. The Hall–Kier alpha value is -3.22.